The Morgan fingerprint density at radius 3 is 2.46 bits per heavy atom. The van der Waals surface area contributed by atoms with Crippen molar-refractivity contribution in [3.05, 3.63) is 34.9 Å². The predicted molar refractivity (Wildman–Crippen MR) is 52.5 cm³/mol. The van der Waals surface area contributed by atoms with Crippen molar-refractivity contribution in [3.63, 3.8) is 0 Å². The number of rotatable bonds is 3. The van der Waals surface area contributed by atoms with Crippen LogP contribution in [0.15, 0.2) is 24.3 Å². The zero-order chi connectivity index (χ0) is 9.68. The van der Waals surface area contributed by atoms with Crippen LogP contribution in [0.5, 0.6) is 0 Å². The second kappa shape index (κ2) is 5.10. The Morgan fingerprint density at radius 2 is 1.92 bits per heavy atom. The molecule has 0 amide bonds. The van der Waals surface area contributed by atoms with E-state index in [-0.39, 0.29) is 12.6 Å². The van der Waals surface area contributed by atoms with E-state index in [1.165, 1.54) is 0 Å². The van der Waals surface area contributed by atoms with Crippen LogP contribution in [-0.4, -0.2) is 18.5 Å². The van der Waals surface area contributed by atoms with Crippen LogP contribution in [0.1, 0.15) is 10.4 Å². The Labute approximate surface area is 86.4 Å². The number of esters is 1. The molecule has 0 fully saturated rings. The maximum absolute atomic E-state index is 11.2. The maximum Gasteiger partial charge on any atom is 0.338 e. The molecule has 0 heterocycles. The van der Waals surface area contributed by atoms with Gasteiger partial charge in [0.25, 0.3) is 0 Å². The fourth-order valence-electron chi connectivity index (χ4n) is 0.801. The van der Waals surface area contributed by atoms with Crippen LogP contribution in [-0.2, 0) is 4.74 Å². The minimum Gasteiger partial charge on any atom is -0.461 e. The third-order valence-electron chi connectivity index (χ3n) is 1.39. The SMILES string of the molecule is O=C(OCCCl)c1ccc(Cl)cc1. The van der Waals surface area contributed by atoms with Gasteiger partial charge in [0, 0.05) is 5.02 Å². The minimum absolute atomic E-state index is 0.225. The molecule has 0 saturated carbocycles. The molecule has 0 unspecified atom stereocenters. The molecular weight excluding hydrogens is 211 g/mol. The monoisotopic (exact) mass is 218 g/mol. The molecule has 0 atom stereocenters. The topological polar surface area (TPSA) is 26.3 Å². The Hall–Kier alpha value is -0.730. The summed E-state index contributed by atoms with van der Waals surface area (Å²) < 4.78 is 4.80. The molecule has 13 heavy (non-hydrogen) atoms. The summed E-state index contributed by atoms with van der Waals surface area (Å²) in [6.07, 6.45) is 0. The van der Waals surface area contributed by atoms with Gasteiger partial charge in [-0.15, -0.1) is 11.6 Å². The molecule has 70 valence electrons. The number of halogens is 2. The molecule has 4 heteroatoms. The molecule has 1 aromatic rings. The number of carbonyl (C=O) groups is 1. The molecule has 2 nitrogen and oxygen atoms in total. The Kier molecular flexibility index (Phi) is 4.06. The highest BCUT2D eigenvalue weighted by Crippen LogP contribution is 2.10. The fourth-order valence-corrected chi connectivity index (χ4v) is 1.00. The minimum atomic E-state index is -0.377. The summed E-state index contributed by atoms with van der Waals surface area (Å²) in [6.45, 7) is 0.225. The summed E-state index contributed by atoms with van der Waals surface area (Å²) in [4.78, 5) is 11.2. The van der Waals surface area contributed by atoms with Gasteiger partial charge in [0.15, 0.2) is 0 Å². The average molecular weight is 219 g/mol. The summed E-state index contributed by atoms with van der Waals surface area (Å²) in [7, 11) is 0. The van der Waals surface area contributed by atoms with Crippen molar-refractivity contribution in [1.82, 2.24) is 0 Å². The molecule has 1 aromatic carbocycles. The summed E-state index contributed by atoms with van der Waals surface area (Å²) in [5, 5.41) is 0.592. The second-order valence-corrected chi connectivity index (χ2v) is 3.15. The maximum atomic E-state index is 11.2. The Morgan fingerprint density at radius 1 is 1.31 bits per heavy atom. The zero-order valence-electron chi connectivity index (χ0n) is 6.80. The summed E-state index contributed by atoms with van der Waals surface area (Å²) in [5.41, 5.74) is 0.481. The lowest BCUT2D eigenvalue weighted by Crippen LogP contribution is -2.06. The van der Waals surface area contributed by atoms with Crippen LogP contribution in [0, 0.1) is 0 Å². The third kappa shape index (κ3) is 3.25. The molecule has 0 aliphatic rings. The van der Waals surface area contributed by atoms with Crippen molar-refractivity contribution in [2.45, 2.75) is 0 Å². The molecule has 0 aliphatic carbocycles. The van der Waals surface area contributed by atoms with Gasteiger partial charge in [-0.05, 0) is 24.3 Å². The van der Waals surface area contributed by atoms with Gasteiger partial charge in [-0.2, -0.15) is 0 Å². The van der Waals surface area contributed by atoms with Gasteiger partial charge in [-0.25, -0.2) is 4.79 Å². The number of hydrogen-bond donors (Lipinski definition) is 0. The number of carbonyl (C=O) groups excluding carboxylic acids is 1. The van der Waals surface area contributed by atoms with Crippen molar-refractivity contribution in [2.75, 3.05) is 12.5 Å². The summed E-state index contributed by atoms with van der Waals surface area (Å²) in [6, 6.07) is 6.50. The van der Waals surface area contributed by atoms with Gasteiger partial charge >= 0.3 is 5.97 Å². The molecule has 0 aliphatic heterocycles. The summed E-state index contributed by atoms with van der Waals surface area (Å²) >= 11 is 11.0. The van der Waals surface area contributed by atoms with E-state index in [0.29, 0.717) is 16.5 Å². The van der Waals surface area contributed by atoms with Crippen molar-refractivity contribution < 1.29 is 9.53 Å². The molecule has 0 N–H and O–H groups in total. The number of alkyl halides is 1. The first kappa shape index (κ1) is 10.4. The van der Waals surface area contributed by atoms with E-state index < -0.39 is 0 Å². The van der Waals surface area contributed by atoms with Crippen LogP contribution in [0.3, 0.4) is 0 Å². The largest absolute Gasteiger partial charge is 0.461 e. The van der Waals surface area contributed by atoms with Gasteiger partial charge in [-0.3, -0.25) is 0 Å². The second-order valence-electron chi connectivity index (χ2n) is 2.33. The van der Waals surface area contributed by atoms with Crippen molar-refractivity contribution in [1.29, 1.82) is 0 Å². The van der Waals surface area contributed by atoms with E-state index >= 15 is 0 Å². The Balaban J connectivity index is 2.61. The first-order valence-corrected chi connectivity index (χ1v) is 4.64. The first-order valence-electron chi connectivity index (χ1n) is 3.72. The van der Waals surface area contributed by atoms with Crippen molar-refractivity contribution in [3.8, 4) is 0 Å². The highest BCUT2D eigenvalue weighted by atomic mass is 35.5. The third-order valence-corrected chi connectivity index (χ3v) is 1.80. The molecule has 0 aromatic heterocycles. The predicted octanol–water partition coefficient (Wildman–Crippen LogP) is 2.74. The van der Waals surface area contributed by atoms with Gasteiger partial charge in [0.2, 0.25) is 0 Å². The number of ether oxygens (including phenoxy) is 1. The average Bonchev–Trinajstić information content (AvgIpc) is 2.15. The van der Waals surface area contributed by atoms with Gasteiger partial charge in [0.1, 0.15) is 6.61 Å². The standard InChI is InChI=1S/C9H8Cl2O2/c10-5-6-13-9(12)7-1-3-8(11)4-2-7/h1-4H,5-6H2. The normalized spacial score (nSPS) is 9.69. The smallest absolute Gasteiger partial charge is 0.338 e. The molecule has 0 bridgehead atoms. The highest BCUT2D eigenvalue weighted by molar-refractivity contribution is 6.30. The number of benzene rings is 1. The van der Waals surface area contributed by atoms with E-state index in [2.05, 4.69) is 0 Å². The van der Waals surface area contributed by atoms with E-state index in [9.17, 15) is 4.79 Å². The lowest BCUT2D eigenvalue weighted by molar-refractivity contribution is 0.0529. The molecule has 0 saturated heterocycles. The van der Waals surface area contributed by atoms with Gasteiger partial charge < -0.3 is 4.74 Å². The van der Waals surface area contributed by atoms with E-state index in [4.69, 9.17) is 27.9 Å². The van der Waals surface area contributed by atoms with E-state index in [0.717, 1.165) is 0 Å². The first-order chi connectivity index (χ1) is 6.24. The van der Waals surface area contributed by atoms with Crippen LogP contribution < -0.4 is 0 Å². The van der Waals surface area contributed by atoms with Crippen LogP contribution >= 0.6 is 23.2 Å². The van der Waals surface area contributed by atoms with Gasteiger partial charge in [0.05, 0.1) is 11.4 Å². The summed E-state index contributed by atoms with van der Waals surface area (Å²) in [5.74, 6) is -0.0726. The van der Waals surface area contributed by atoms with Crippen LogP contribution in [0.2, 0.25) is 5.02 Å². The lowest BCUT2D eigenvalue weighted by atomic mass is 10.2. The molecular formula is C9H8Cl2O2. The van der Waals surface area contributed by atoms with Gasteiger partial charge in [-0.1, -0.05) is 11.6 Å². The van der Waals surface area contributed by atoms with Crippen molar-refractivity contribution in [2.24, 2.45) is 0 Å². The van der Waals surface area contributed by atoms with Crippen LogP contribution in [0.4, 0.5) is 0 Å². The molecule has 0 radical (unpaired) electrons. The van der Waals surface area contributed by atoms with E-state index in [1.54, 1.807) is 24.3 Å². The highest BCUT2D eigenvalue weighted by Gasteiger charge is 2.05. The quantitative estimate of drug-likeness (QED) is 0.577. The zero-order valence-corrected chi connectivity index (χ0v) is 8.31. The fraction of sp³-hybridized carbons (Fsp3) is 0.222. The lowest BCUT2D eigenvalue weighted by Gasteiger charge is -2.01. The molecule has 0 spiro atoms. The Bertz CT molecular complexity index is 282. The molecule has 1 rings (SSSR count). The number of hydrogen-bond acceptors (Lipinski definition) is 2. The van der Waals surface area contributed by atoms with E-state index in [1.807, 2.05) is 0 Å². The van der Waals surface area contributed by atoms with Crippen molar-refractivity contribution >= 4 is 29.2 Å². The van der Waals surface area contributed by atoms with Crippen LogP contribution in [0.25, 0.3) is 0 Å².